The summed E-state index contributed by atoms with van der Waals surface area (Å²) in [6.07, 6.45) is 3.55. The van der Waals surface area contributed by atoms with Crippen LogP contribution in [-0.4, -0.2) is 35.0 Å². The second-order valence-electron chi connectivity index (χ2n) is 7.68. The van der Waals surface area contributed by atoms with Crippen molar-refractivity contribution in [1.29, 1.82) is 0 Å². The first-order valence-corrected chi connectivity index (χ1v) is 7.72. The highest BCUT2D eigenvalue weighted by Crippen LogP contribution is 3.10. The Labute approximate surface area is 111 Å². The van der Waals surface area contributed by atoms with Gasteiger partial charge < -0.3 is 10.0 Å². The van der Waals surface area contributed by atoms with E-state index in [2.05, 4.69) is 4.90 Å². The van der Waals surface area contributed by atoms with E-state index >= 15 is 0 Å². The van der Waals surface area contributed by atoms with E-state index in [0.717, 1.165) is 25.9 Å². The molecule has 1 saturated heterocycles. The summed E-state index contributed by atoms with van der Waals surface area (Å²) in [6.45, 7) is 1.88. The molecule has 1 heterocycles. The fourth-order valence-corrected chi connectivity index (χ4v) is 7.75. The van der Waals surface area contributed by atoms with Gasteiger partial charge in [0, 0.05) is 13.1 Å². The van der Waals surface area contributed by atoms with Gasteiger partial charge >= 0.3 is 5.97 Å². The van der Waals surface area contributed by atoms with Crippen LogP contribution in [0.25, 0.3) is 0 Å². The Morgan fingerprint density at radius 3 is 1.79 bits per heavy atom. The fraction of sp³-hybridized carbons (Fsp3) is 0.867. The molecule has 4 nitrogen and oxygen atoms in total. The van der Waals surface area contributed by atoms with Gasteiger partial charge in [0.2, 0.25) is 5.91 Å². The second kappa shape index (κ2) is 2.33. The highest BCUT2D eigenvalue weighted by Gasteiger charge is 3.13. The molecule has 7 aliphatic rings. The highest BCUT2D eigenvalue weighted by molar-refractivity contribution is 5.98. The van der Waals surface area contributed by atoms with Crippen LogP contribution in [0.1, 0.15) is 19.3 Å². The van der Waals surface area contributed by atoms with Crippen LogP contribution < -0.4 is 0 Å². The lowest BCUT2D eigenvalue weighted by Crippen LogP contribution is -3.12. The number of rotatable bonds is 2. The van der Waals surface area contributed by atoms with Crippen molar-refractivity contribution in [3.63, 3.8) is 0 Å². The standard InChI is InChI=1S/C15H17NO3/c17-12(16-4-2-1-3-5-16)14-6-9-7(14)11-8(14)10(6)15(9,11)13(18)19/h6-11H,1-5H2,(H,18,19). The molecule has 0 atom stereocenters. The van der Waals surface area contributed by atoms with Crippen molar-refractivity contribution in [1.82, 2.24) is 4.90 Å². The van der Waals surface area contributed by atoms with Gasteiger partial charge in [0.1, 0.15) is 0 Å². The molecule has 1 N–H and O–H groups in total. The van der Waals surface area contributed by atoms with Crippen molar-refractivity contribution in [2.75, 3.05) is 13.1 Å². The van der Waals surface area contributed by atoms with Gasteiger partial charge in [0.15, 0.2) is 0 Å². The molecule has 6 aliphatic carbocycles. The Morgan fingerprint density at radius 2 is 1.32 bits per heavy atom. The molecule has 7 rings (SSSR count). The normalized spacial score (nSPS) is 64.7. The summed E-state index contributed by atoms with van der Waals surface area (Å²) in [4.78, 5) is 26.4. The van der Waals surface area contributed by atoms with Gasteiger partial charge in [-0.25, -0.2) is 0 Å². The van der Waals surface area contributed by atoms with E-state index in [0.29, 0.717) is 41.4 Å². The predicted octanol–water partition coefficient (Wildman–Crippen LogP) is 0.821. The number of likely N-dealkylation sites (tertiary alicyclic amines) is 1. The zero-order chi connectivity index (χ0) is 12.7. The second-order valence-corrected chi connectivity index (χ2v) is 7.68. The molecule has 7 fully saturated rings. The maximum absolute atomic E-state index is 12.8. The molecule has 100 valence electrons. The van der Waals surface area contributed by atoms with Gasteiger partial charge in [0.05, 0.1) is 10.8 Å². The van der Waals surface area contributed by atoms with E-state index in [1.54, 1.807) is 0 Å². The van der Waals surface area contributed by atoms with Crippen LogP contribution in [0.15, 0.2) is 0 Å². The molecule has 4 heteroatoms. The highest BCUT2D eigenvalue weighted by atomic mass is 16.4. The van der Waals surface area contributed by atoms with Crippen LogP contribution in [0.3, 0.4) is 0 Å². The van der Waals surface area contributed by atoms with Crippen molar-refractivity contribution >= 4 is 11.9 Å². The van der Waals surface area contributed by atoms with Gasteiger partial charge in [-0.1, -0.05) is 0 Å². The van der Waals surface area contributed by atoms with Gasteiger partial charge in [-0.3, -0.25) is 9.59 Å². The summed E-state index contributed by atoms with van der Waals surface area (Å²) in [7, 11) is 0. The van der Waals surface area contributed by atoms with Crippen molar-refractivity contribution in [3.05, 3.63) is 0 Å². The molecular weight excluding hydrogens is 242 g/mol. The molecule has 0 aromatic carbocycles. The van der Waals surface area contributed by atoms with Gasteiger partial charge in [-0.05, 0) is 54.8 Å². The molecule has 0 radical (unpaired) electrons. The van der Waals surface area contributed by atoms with Gasteiger partial charge in [0.25, 0.3) is 0 Å². The minimum absolute atomic E-state index is 0.0332. The van der Waals surface area contributed by atoms with Crippen molar-refractivity contribution in [3.8, 4) is 0 Å². The van der Waals surface area contributed by atoms with E-state index < -0.39 is 5.97 Å². The molecule has 0 bridgehead atoms. The van der Waals surface area contributed by atoms with E-state index in [9.17, 15) is 14.7 Å². The van der Waals surface area contributed by atoms with Crippen LogP contribution in [0.4, 0.5) is 0 Å². The van der Waals surface area contributed by atoms with E-state index in [1.165, 1.54) is 6.42 Å². The summed E-state index contributed by atoms with van der Waals surface area (Å²) in [6, 6.07) is 0. The first kappa shape index (κ1) is 9.78. The molecule has 19 heavy (non-hydrogen) atoms. The minimum Gasteiger partial charge on any atom is -0.481 e. The maximum atomic E-state index is 12.8. The number of carbonyl (C=O) groups excluding carboxylic acids is 1. The molecular formula is C15H17NO3. The lowest BCUT2D eigenvalue weighted by atomic mass is 8.92. The fourth-order valence-electron chi connectivity index (χ4n) is 7.75. The molecule has 0 aromatic rings. The number of aliphatic carboxylic acids is 1. The summed E-state index contributed by atoms with van der Waals surface area (Å²) in [5.41, 5.74) is -0.363. The first-order chi connectivity index (χ1) is 9.19. The van der Waals surface area contributed by atoms with E-state index in [4.69, 9.17) is 0 Å². The monoisotopic (exact) mass is 259 g/mol. The molecule has 0 spiro atoms. The van der Waals surface area contributed by atoms with Crippen molar-refractivity contribution < 1.29 is 14.7 Å². The smallest absolute Gasteiger partial charge is 0.310 e. The Morgan fingerprint density at radius 1 is 0.842 bits per heavy atom. The summed E-state index contributed by atoms with van der Waals surface area (Å²) < 4.78 is 0. The number of hydrogen-bond acceptors (Lipinski definition) is 2. The van der Waals surface area contributed by atoms with Crippen LogP contribution in [-0.2, 0) is 9.59 Å². The van der Waals surface area contributed by atoms with Crippen LogP contribution in [0.5, 0.6) is 0 Å². The summed E-state index contributed by atoms with van der Waals surface area (Å²) in [5, 5.41) is 9.44. The van der Waals surface area contributed by atoms with Gasteiger partial charge in [-0.2, -0.15) is 0 Å². The summed E-state index contributed by atoms with van der Waals surface area (Å²) in [5.74, 6) is 2.43. The average Bonchev–Trinajstić information content (AvgIpc) is 2.46. The topological polar surface area (TPSA) is 57.6 Å². The van der Waals surface area contributed by atoms with E-state index in [-0.39, 0.29) is 10.8 Å². The zero-order valence-electron chi connectivity index (χ0n) is 10.7. The number of hydrogen-bond donors (Lipinski definition) is 1. The largest absolute Gasteiger partial charge is 0.481 e. The van der Waals surface area contributed by atoms with E-state index in [1.807, 2.05) is 0 Å². The Kier molecular flexibility index (Phi) is 1.20. The molecule has 1 aliphatic heterocycles. The Hall–Kier alpha value is -1.06. The average molecular weight is 259 g/mol. The van der Waals surface area contributed by atoms with Crippen LogP contribution >= 0.6 is 0 Å². The van der Waals surface area contributed by atoms with Crippen LogP contribution in [0.2, 0.25) is 0 Å². The predicted molar refractivity (Wildman–Crippen MR) is 63.9 cm³/mol. The third-order valence-electron chi connectivity index (χ3n) is 8.01. The minimum atomic E-state index is -0.560. The summed E-state index contributed by atoms with van der Waals surface area (Å²) >= 11 is 0. The van der Waals surface area contributed by atoms with Crippen LogP contribution in [0, 0.1) is 46.3 Å². The SMILES string of the molecule is O=C(O)C12C3C4C1C1C2C3C41C(=O)N1CCCCC1. The van der Waals surface area contributed by atoms with Crippen molar-refractivity contribution in [2.24, 2.45) is 46.3 Å². The Balaban J connectivity index is 1.32. The number of piperidine rings is 1. The zero-order valence-corrected chi connectivity index (χ0v) is 10.7. The number of carboxylic acids is 1. The van der Waals surface area contributed by atoms with Crippen molar-refractivity contribution in [2.45, 2.75) is 19.3 Å². The third kappa shape index (κ3) is 0.550. The Bertz CT molecular complexity index is 508. The number of carbonyl (C=O) groups is 2. The number of carboxylic acid groups (broad SMARTS) is 1. The quantitative estimate of drug-likeness (QED) is 0.799. The molecule has 1 amide bonds. The molecule has 6 saturated carbocycles. The number of nitrogens with zero attached hydrogens (tertiary/aromatic N) is 1. The first-order valence-electron chi connectivity index (χ1n) is 7.72. The lowest BCUT2D eigenvalue weighted by molar-refractivity contribution is -0.627. The molecule has 0 unspecified atom stereocenters. The van der Waals surface area contributed by atoms with Gasteiger partial charge in [-0.15, -0.1) is 0 Å². The maximum Gasteiger partial charge on any atom is 0.310 e. The molecule has 0 aromatic heterocycles. The third-order valence-corrected chi connectivity index (χ3v) is 8.01. The lowest BCUT2D eigenvalue weighted by Gasteiger charge is -3.09. The number of amides is 1.